The first-order chi connectivity index (χ1) is 7.20. The largest absolute Gasteiger partial charge is 0.326 e. The number of nitrogens with zero attached hydrogens (tertiary/aromatic N) is 1. The smallest absolute Gasteiger partial charge is 0.240 e. The molecule has 1 N–H and O–H groups in total. The predicted octanol–water partition coefficient (Wildman–Crippen LogP) is 1.69. The molecule has 2 unspecified atom stereocenters. The molecule has 1 aliphatic heterocycles. The lowest BCUT2D eigenvalue weighted by atomic mass is 10.2. The maximum absolute atomic E-state index is 11.8. The van der Waals surface area contributed by atoms with Crippen LogP contribution in [0.15, 0.2) is 0 Å². The van der Waals surface area contributed by atoms with Gasteiger partial charge in [-0.1, -0.05) is 6.92 Å². The van der Waals surface area contributed by atoms with Crippen LogP contribution in [0.1, 0.15) is 33.1 Å². The fraction of sp³-hybridized carbons (Fsp3) is 0.909. The third kappa shape index (κ3) is 3.38. The van der Waals surface area contributed by atoms with Gasteiger partial charge in [0.05, 0.1) is 12.2 Å². The third-order valence-corrected chi connectivity index (χ3v) is 3.55. The van der Waals surface area contributed by atoms with E-state index in [1.807, 2.05) is 23.6 Å². The average Bonchev–Trinajstić information content (AvgIpc) is 2.51. The molecular formula is C11H22N2OS. The maximum atomic E-state index is 11.8. The molecule has 15 heavy (non-hydrogen) atoms. The minimum atomic E-state index is 0.00972. The molecule has 1 amide bonds. The Balaban J connectivity index is 2.34. The van der Waals surface area contributed by atoms with E-state index in [0.717, 1.165) is 19.4 Å². The summed E-state index contributed by atoms with van der Waals surface area (Å²) >= 11 is 1.87. The summed E-state index contributed by atoms with van der Waals surface area (Å²) in [4.78, 5) is 13.8. The van der Waals surface area contributed by atoms with Gasteiger partial charge < -0.3 is 4.90 Å². The lowest BCUT2D eigenvalue weighted by Gasteiger charge is -2.22. The van der Waals surface area contributed by atoms with Gasteiger partial charge in [0, 0.05) is 6.54 Å². The van der Waals surface area contributed by atoms with Gasteiger partial charge in [-0.15, -0.1) is 0 Å². The molecule has 1 aliphatic rings. The van der Waals surface area contributed by atoms with E-state index >= 15 is 0 Å². The second-order valence-electron chi connectivity index (χ2n) is 4.04. The zero-order valence-electron chi connectivity index (χ0n) is 9.95. The highest BCUT2D eigenvalue weighted by atomic mass is 32.2. The van der Waals surface area contributed by atoms with Gasteiger partial charge in [0.25, 0.3) is 0 Å². The number of hydrogen-bond donors (Lipinski definition) is 1. The summed E-state index contributed by atoms with van der Waals surface area (Å²) in [6, 6.07) is 0.00972. The lowest BCUT2D eigenvalue weighted by molar-refractivity contribution is -0.129. The summed E-state index contributed by atoms with van der Waals surface area (Å²) in [6.07, 6.45) is 5.72. The normalized spacial score (nSPS) is 26.3. The van der Waals surface area contributed by atoms with E-state index in [4.69, 9.17) is 0 Å². The van der Waals surface area contributed by atoms with E-state index in [1.165, 1.54) is 12.2 Å². The van der Waals surface area contributed by atoms with E-state index in [-0.39, 0.29) is 18.1 Å². The molecule has 4 heteroatoms. The van der Waals surface area contributed by atoms with E-state index in [2.05, 4.69) is 18.5 Å². The Morgan fingerprint density at radius 2 is 2.20 bits per heavy atom. The van der Waals surface area contributed by atoms with Crippen LogP contribution < -0.4 is 5.32 Å². The van der Waals surface area contributed by atoms with Gasteiger partial charge in [0.1, 0.15) is 0 Å². The van der Waals surface area contributed by atoms with Crippen molar-refractivity contribution in [3.05, 3.63) is 0 Å². The van der Waals surface area contributed by atoms with Crippen LogP contribution in [0.4, 0.5) is 0 Å². The molecule has 1 fully saturated rings. The molecule has 0 aromatic rings. The van der Waals surface area contributed by atoms with Crippen LogP contribution in [0.3, 0.4) is 0 Å². The second kappa shape index (κ2) is 6.38. The number of thioether (sulfide) groups is 1. The molecule has 0 aromatic carbocycles. The Hall–Kier alpha value is -0.220. The molecule has 0 bridgehead atoms. The summed E-state index contributed by atoms with van der Waals surface area (Å²) in [5.74, 6) is 1.47. The van der Waals surface area contributed by atoms with Crippen molar-refractivity contribution in [2.45, 2.75) is 45.3 Å². The van der Waals surface area contributed by atoms with Gasteiger partial charge >= 0.3 is 0 Å². The quantitative estimate of drug-likeness (QED) is 0.705. The highest BCUT2D eigenvalue weighted by Crippen LogP contribution is 2.14. The van der Waals surface area contributed by atoms with Crippen molar-refractivity contribution < 1.29 is 4.79 Å². The number of rotatable bonds is 6. The number of hydrogen-bond acceptors (Lipinski definition) is 3. The standard InChI is InChI=1S/C11H22N2OS/c1-4-10-12-9(2)11(14)13(10)7-5-6-8-15-3/h9-10,12H,4-8H2,1-3H3. The number of amides is 1. The summed E-state index contributed by atoms with van der Waals surface area (Å²) in [5, 5.41) is 3.32. The van der Waals surface area contributed by atoms with Crippen molar-refractivity contribution in [1.29, 1.82) is 0 Å². The van der Waals surface area contributed by atoms with Crippen molar-refractivity contribution in [3.8, 4) is 0 Å². The Kier molecular flexibility index (Phi) is 5.47. The Morgan fingerprint density at radius 1 is 1.47 bits per heavy atom. The highest BCUT2D eigenvalue weighted by Gasteiger charge is 2.34. The fourth-order valence-corrected chi connectivity index (χ4v) is 2.48. The summed E-state index contributed by atoms with van der Waals surface area (Å²) < 4.78 is 0. The van der Waals surface area contributed by atoms with E-state index in [0.29, 0.717) is 0 Å². The monoisotopic (exact) mass is 230 g/mol. The highest BCUT2D eigenvalue weighted by molar-refractivity contribution is 7.98. The van der Waals surface area contributed by atoms with Crippen molar-refractivity contribution >= 4 is 17.7 Å². The Labute approximate surface area is 97.0 Å². The molecule has 3 nitrogen and oxygen atoms in total. The second-order valence-corrected chi connectivity index (χ2v) is 5.03. The van der Waals surface area contributed by atoms with Crippen LogP contribution in [-0.4, -0.2) is 41.6 Å². The van der Waals surface area contributed by atoms with Gasteiger partial charge in [0.15, 0.2) is 0 Å². The average molecular weight is 230 g/mol. The fourth-order valence-electron chi connectivity index (χ4n) is 1.98. The van der Waals surface area contributed by atoms with Crippen molar-refractivity contribution in [2.75, 3.05) is 18.6 Å². The SMILES string of the molecule is CCC1NC(C)C(=O)N1CCCCSC. The van der Waals surface area contributed by atoms with Crippen LogP contribution in [-0.2, 0) is 4.79 Å². The first-order valence-corrected chi connectivity index (χ1v) is 7.15. The van der Waals surface area contributed by atoms with Gasteiger partial charge in [-0.25, -0.2) is 0 Å². The summed E-state index contributed by atoms with van der Waals surface area (Å²) in [7, 11) is 0. The van der Waals surface area contributed by atoms with Crippen LogP contribution in [0.2, 0.25) is 0 Å². The van der Waals surface area contributed by atoms with Crippen LogP contribution >= 0.6 is 11.8 Å². The van der Waals surface area contributed by atoms with E-state index < -0.39 is 0 Å². The number of carbonyl (C=O) groups excluding carboxylic acids is 1. The molecular weight excluding hydrogens is 208 g/mol. The summed E-state index contributed by atoms with van der Waals surface area (Å²) in [6.45, 7) is 4.99. The van der Waals surface area contributed by atoms with Crippen LogP contribution in [0.5, 0.6) is 0 Å². The first-order valence-electron chi connectivity index (χ1n) is 5.76. The third-order valence-electron chi connectivity index (χ3n) is 2.86. The van der Waals surface area contributed by atoms with Gasteiger partial charge in [-0.2, -0.15) is 11.8 Å². The van der Waals surface area contributed by atoms with Gasteiger partial charge in [-0.3, -0.25) is 10.1 Å². The first kappa shape index (κ1) is 12.8. The molecule has 0 saturated carbocycles. The zero-order valence-corrected chi connectivity index (χ0v) is 10.8. The molecule has 1 heterocycles. The zero-order chi connectivity index (χ0) is 11.3. The van der Waals surface area contributed by atoms with Crippen molar-refractivity contribution in [3.63, 3.8) is 0 Å². The molecule has 0 aromatic heterocycles. The maximum Gasteiger partial charge on any atom is 0.240 e. The number of unbranched alkanes of at least 4 members (excludes halogenated alkanes) is 1. The molecule has 2 atom stereocenters. The predicted molar refractivity (Wildman–Crippen MR) is 66.0 cm³/mol. The minimum Gasteiger partial charge on any atom is -0.326 e. The number of nitrogens with one attached hydrogen (secondary N) is 1. The van der Waals surface area contributed by atoms with Crippen molar-refractivity contribution in [2.24, 2.45) is 0 Å². The van der Waals surface area contributed by atoms with E-state index in [9.17, 15) is 4.79 Å². The molecule has 1 saturated heterocycles. The topological polar surface area (TPSA) is 32.3 Å². The van der Waals surface area contributed by atoms with Crippen LogP contribution in [0.25, 0.3) is 0 Å². The van der Waals surface area contributed by atoms with Crippen molar-refractivity contribution in [1.82, 2.24) is 10.2 Å². The Bertz CT molecular complexity index is 211. The molecule has 0 aliphatic carbocycles. The molecule has 0 spiro atoms. The minimum absolute atomic E-state index is 0.00972. The summed E-state index contributed by atoms with van der Waals surface area (Å²) in [5.41, 5.74) is 0. The lowest BCUT2D eigenvalue weighted by Crippen LogP contribution is -2.37. The molecule has 1 rings (SSSR count). The van der Waals surface area contributed by atoms with Gasteiger partial charge in [0.2, 0.25) is 5.91 Å². The molecule has 0 radical (unpaired) electrons. The Morgan fingerprint density at radius 3 is 2.80 bits per heavy atom. The number of carbonyl (C=O) groups is 1. The van der Waals surface area contributed by atoms with Gasteiger partial charge in [-0.05, 0) is 38.2 Å². The van der Waals surface area contributed by atoms with E-state index in [1.54, 1.807) is 0 Å². The van der Waals surface area contributed by atoms with Crippen LogP contribution in [0, 0.1) is 0 Å². The molecule has 88 valence electrons.